The van der Waals surface area contributed by atoms with E-state index in [1.165, 1.54) is 0 Å². The van der Waals surface area contributed by atoms with Crippen LogP contribution in [0.25, 0.3) is 0 Å². The summed E-state index contributed by atoms with van der Waals surface area (Å²) in [6.45, 7) is 5.12. The first-order valence-corrected chi connectivity index (χ1v) is 11.2. The molecule has 4 atom stereocenters. The van der Waals surface area contributed by atoms with Crippen LogP contribution < -0.4 is 0 Å². The van der Waals surface area contributed by atoms with Gasteiger partial charge in [-0.1, -0.05) is 55.6 Å². The Morgan fingerprint density at radius 1 is 0.839 bits per heavy atom. The van der Waals surface area contributed by atoms with Crippen molar-refractivity contribution in [2.75, 3.05) is 6.61 Å². The van der Waals surface area contributed by atoms with Crippen molar-refractivity contribution in [3.8, 4) is 0 Å². The van der Waals surface area contributed by atoms with Crippen LogP contribution in [0.4, 0.5) is 0 Å². The van der Waals surface area contributed by atoms with E-state index in [1.54, 1.807) is 20.8 Å². The maximum Gasteiger partial charge on any atom is 0.306 e. The van der Waals surface area contributed by atoms with Crippen LogP contribution in [0.15, 0.2) is 0 Å². The van der Waals surface area contributed by atoms with Crippen molar-refractivity contribution in [1.29, 1.82) is 5.41 Å². The highest BCUT2D eigenvalue weighted by Gasteiger charge is 2.50. The van der Waals surface area contributed by atoms with Crippen molar-refractivity contribution in [3.05, 3.63) is 0 Å². The molecule has 9 nitrogen and oxygen atoms in total. The van der Waals surface area contributed by atoms with Crippen LogP contribution in [0.3, 0.4) is 0 Å². The molecule has 0 aromatic rings. The van der Waals surface area contributed by atoms with E-state index in [9.17, 15) is 14.4 Å². The molecule has 1 aliphatic heterocycles. The van der Waals surface area contributed by atoms with Crippen LogP contribution in [0, 0.1) is 5.41 Å². The third-order valence-corrected chi connectivity index (χ3v) is 4.57. The van der Waals surface area contributed by atoms with Gasteiger partial charge in [-0.05, 0) is 19.3 Å². The van der Waals surface area contributed by atoms with Gasteiger partial charge < -0.3 is 23.7 Å². The van der Waals surface area contributed by atoms with Gasteiger partial charge in [-0.25, -0.2) is 0 Å². The zero-order valence-electron chi connectivity index (χ0n) is 17.7. The van der Waals surface area contributed by atoms with E-state index in [1.807, 2.05) is 0 Å². The minimum atomic E-state index is -2.19. The average Bonchev–Trinajstić information content (AvgIpc) is 2.65. The predicted molar refractivity (Wildman–Crippen MR) is 113 cm³/mol. The number of hydrogen-bond donors (Lipinski definition) is 1. The van der Waals surface area contributed by atoms with Crippen LogP contribution in [0.5, 0.6) is 0 Å². The monoisotopic (exact) mass is 503 g/mol. The van der Waals surface area contributed by atoms with E-state index in [0.717, 1.165) is 0 Å². The number of hydrogen-bond acceptors (Lipinski definition) is 9. The molecular weight excluding hydrogens is 477 g/mol. The van der Waals surface area contributed by atoms with Crippen LogP contribution in [-0.4, -0.2) is 58.8 Å². The fourth-order valence-corrected chi connectivity index (χ4v) is 2.79. The van der Waals surface area contributed by atoms with Crippen LogP contribution in [0.1, 0.15) is 59.3 Å². The number of nitrogens with one attached hydrogen (secondary N) is 1. The molecule has 1 aliphatic rings. The Balaban J connectivity index is 3.20. The summed E-state index contributed by atoms with van der Waals surface area (Å²) in [7, 11) is 0. The first-order valence-electron chi connectivity index (χ1n) is 10.1. The molecule has 1 unspecified atom stereocenters. The number of ether oxygens (including phenoxy) is 5. The van der Waals surface area contributed by atoms with Crippen molar-refractivity contribution in [3.63, 3.8) is 0 Å². The number of esters is 3. The van der Waals surface area contributed by atoms with Gasteiger partial charge in [0.1, 0.15) is 0 Å². The second kappa shape index (κ2) is 13.3. The van der Waals surface area contributed by atoms with Crippen LogP contribution >= 0.6 is 34.8 Å². The van der Waals surface area contributed by atoms with Crippen molar-refractivity contribution in [1.82, 2.24) is 0 Å². The standard InChI is InChI=1S/C19H28Cl3NO8/c1-4-7-12(24)28-11-10-27-17(31-18(23)19(20,21)22)16(30-14(26)9-6-3)15(11)29-13(25)8-5-2/h11,15-17,23H,4-10H2,1-3H3/t11-,15+,16-,17?/m1/s1. The molecule has 1 N–H and O–H groups in total. The molecule has 1 fully saturated rings. The zero-order valence-corrected chi connectivity index (χ0v) is 19.9. The lowest BCUT2D eigenvalue weighted by atomic mass is 10.0. The van der Waals surface area contributed by atoms with Crippen molar-refractivity contribution in [2.24, 2.45) is 0 Å². The van der Waals surface area contributed by atoms with Gasteiger partial charge in [0, 0.05) is 19.3 Å². The Morgan fingerprint density at radius 3 is 1.74 bits per heavy atom. The van der Waals surface area contributed by atoms with Gasteiger partial charge in [-0.3, -0.25) is 19.8 Å². The summed E-state index contributed by atoms with van der Waals surface area (Å²) < 4.78 is 24.9. The molecule has 0 radical (unpaired) electrons. The molecule has 0 saturated carbocycles. The maximum atomic E-state index is 12.2. The molecule has 31 heavy (non-hydrogen) atoms. The smallest absolute Gasteiger partial charge is 0.306 e. The Hall–Kier alpha value is -1.29. The number of halogens is 3. The minimum Gasteiger partial charge on any atom is -0.456 e. The van der Waals surface area contributed by atoms with E-state index in [-0.39, 0.29) is 25.9 Å². The summed E-state index contributed by atoms with van der Waals surface area (Å²) in [6.07, 6.45) is -3.21. The van der Waals surface area contributed by atoms with Crippen LogP contribution in [0.2, 0.25) is 0 Å². The summed E-state index contributed by atoms with van der Waals surface area (Å²) in [5.41, 5.74) is 0. The Morgan fingerprint density at radius 2 is 1.29 bits per heavy atom. The van der Waals surface area contributed by atoms with Gasteiger partial charge in [-0.15, -0.1) is 0 Å². The summed E-state index contributed by atoms with van der Waals surface area (Å²) in [5, 5.41) is 7.79. The van der Waals surface area contributed by atoms with Crippen molar-refractivity contribution in [2.45, 2.75) is 87.7 Å². The number of carbonyl (C=O) groups is 3. The largest absolute Gasteiger partial charge is 0.456 e. The Kier molecular flexibility index (Phi) is 11.9. The molecule has 0 aromatic heterocycles. The maximum absolute atomic E-state index is 12.2. The van der Waals surface area contributed by atoms with Gasteiger partial charge in [0.25, 0.3) is 3.79 Å². The van der Waals surface area contributed by atoms with Gasteiger partial charge >= 0.3 is 17.9 Å². The van der Waals surface area contributed by atoms with Crippen molar-refractivity contribution < 1.29 is 38.1 Å². The van der Waals surface area contributed by atoms with E-state index >= 15 is 0 Å². The molecule has 0 aliphatic carbocycles. The lowest BCUT2D eigenvalue weighted by Gasteiger charge is -2.40. The average molecular weight is 505 g/mol. The Bertz CT molecular complexity index is 640. The normalized spacial score (nSPS) is 23.5. The summed E-state index contributed by atoms with van der Waals surface area (Å²) in [5.74, 6) is -2.52. The van der Waals surface area contributed by atoms with Crippen molar-refractivity contribution >= 4 is 58.6 Å². The third kappa shape index (κ3) is 9.39. The zero-order chi connectivity index (χ0) is 23.6. The molecule has 1 heterocycles. The van der Waals surface area contributed by atoms with Gasteiger partial charge in [0.05, 0.1) is 6.61 Å². The molecule has 178 valence electrons. The summed E-state index contributed by atoms with van der Waals surface area (Å²) >= 11 is 17.0. The van der Waals surface area contributed by atoms with Gasteiger partial charge in [0.15, 0.2) is 12.2 Å². The summed E-state index contributed by atoms with van der Waals surface area (Å²) in [4.78, 5) is 36.5. The van der Waals surface area contributed by atoms with E-state index in [2.05, 4.69) is 0 Å². The van der Waals surface area contributed by atoms with E-state index in [0.29, 0.717) is 19.3 Å². The van der Waals surface area contributed by atoms with Gasteiger partial charge in [-0.2, -0.15) is 0 Å². The van der Waals surface area contributed by atoms with E-state index in [4.69, 9.17) is 63.9 Å². The fourth-order valence-electron chi connectivity index (χ4n) is 2.66. The minimum absolute atomic E-state index is 0.0705. The topological polar surface area (TPSA) is 121 Å². The first kappa shape index (κ1) is 27.7. The first-order chi connectivity index (χ1) is 14.5. The molecule has 0 amide bonds. The molecule has 12 heteroatoms. The molecule has 0 spiro atoms. The molecule has 0 aromatic carbocycles. The summed E-state index contributed by atoms with van der Waals surface area (Å²) in [6, 6.07) is 0. The number of carbonyl (C=O) groups excluding carboxylic acids is 3. The van der Waals surface area contributed by atoms with Gasteiger partial charge in [0.2, 0.25) is 18.3 Å². The highest BCUT2D eigenvalue weighted by Crippen LogP contribution is 2.32. The molecular formula is C19H28Cl3NO8. The third-order valence-electron chi connectivity index (χ3n) is 4.05. The van der Waals surface area contributed by atoms with E-state index < -0.39 is 52.2 Å². The second-order valence-electron chi connectivity index (χ2n) is 6.83. The Labute approximate surface area is 196 Å². The number of alkyl halides is 3. The second-order valence-corrected chi connectivity index (χ2v) is 9.11. The molecule has 1 saturated heterocycles. The highest BCUT2D eigenvalue weighted by molar-refractivity contribution is 6.76. The SMILES string of the molecule is CCCC(=O)O[C@H]1[C@H](OC(=O)CCC)COC(OC(=N)C(Cl)(Cl)Cl)[C@@H]1OC(=O)CCC. The molecule has 1 rings (SSSR count). The quantitative estimate of drug-likeness (QED) is 0.157. The fraction of sp³-hybridized carbons (Fsp3) is 0.789. The number of rotatable bonds is 10. The molecule has 0 bridgehead atoms. The lowest BCUT2D eigenvalue weighted by molar-refractivity contribution is -0.264. The predicted octanol–water partition coefficient (Wildman–Crippen LogP) is 3.84. The van der Waals surface area contributed by atoms with Crippen LogP contribution in [-0.2, 0) is 38.1 Å². The highest BCUT2D eigenvalue weighted by atomic mass is 35.6. The lowest BCUT2D eigenvalue weighted by Crippen LogP contribution is -2.59.